The van der Waals surface area contributed by atoms with Crippen molar-refractivity contribution < 1.29 is 23.9 Å². The molecule has 2 aromatic rings. The zero-order valence-electron chi connectivity index (χ0n) is 21.8. The van der Waals surface area contributed by atoms with E-state index in [-0.39, 0.29) is 48.2 Å². The van der Waals surface area contributed by atoms with Gasteiger partial charge < -0.3 is 9.47 Å². The van der Waals surface area contributed by atoms with E-state index in [9.17, 15) is 14.4 Å². The van der Waals surface area contributed by atoms with Crippen LogP contribution in [0.25, 0.3) is 0 Å². The van der Waals surface area contributed by atoms with Crippen LogP contribution < -0.4 is 0 Å². The molecule has 2 heterocycles. The van der Waals surface area contributed by atoms with Crippen LogP contribution in [0.5, 0.6) is 0 Å². The number of carbonyl (C=O) groups excluding carboxylic acids is 3. The van der Waals surface area contributed by atoms with Gasteiger partial charge in [0.15, 0.2) is 0 Å². The lowest BCUT2D eigenvalue weighted by molar-refractivity contribution is -0.192. The van der Waals surface area contributed by atoms with E-state index >= 15 is 0 Å². The van der Waals surface area contributed by atoms with Crippen molar-refractivity contribution in [3.8, 4) is 0 Å². The zero-order chi connectivity index (χ0) is 26.7. The first-order chi connectivity index (χ1) is 18.2. The summed E-state index contributed by atoms with van der Waals surface area (Å²) in [7, 11) is 0. The van der Waals surface area contributed by atoms with Crippen LogP contribution in [0.1, 0.15) is 71.2 Å². The number of fused-ring (bicyclic) bond motifs is 3. The Kier molecular flexibility index (Phi) is 6.30. The highest BCUT2D eigenvalue weighted by atomic mass is 32.1. The maximum atomic E-state index is 14.2. The number of rotatable bonds is 6. The van der Waals surface area contributed by atoms with E-state index < -0.39 is 10.8 Å². The molecule has 200 valence electrons. The normalized spacial score (nSPS) is 35.9. The molecule has 5 fully saturated rings. The minimum atomic E-state index is -0.621. The molecular weight excluding hydrogens is 516 g/mol. The Labute approximate surface area is 231 Å². The maximum absolute atomic E-state index is 14.2. The quantitative estimate of drug-likeness (QED) is 0.358. The Morgan fingerprint density at radius 3 is 2.26 bits per heavy atom. The van der Waals surface area contributed by atoms with Gasteiger partial charge in [-0.15, -0.1) is 22.7 Å². The molecule has 0 aliphatic heterocycles. The van der Waals surface area contributed by atoms with E-state index in [4.69, 9.17) is 9.47 Å². The van der Waals surface area contributed by atoms with Gasteiger partial charge in [0.05, 0.1) is 18.6 Å². The minimum Gasteiger partial charge on any atom is -0.461 e. The van der Waals surface area contributed by atoms with E-state index in [0.29, 0.717) is 22.1 Å². The standard InChI is InChI=1S/C31H34O5S2/c1-19-20(2)31-12-9-21(19)15-25(31)30(18-36-28(34)23-8-5-14-38-23)11-6-10-29(3,24(30)16-26(31)32)17-35-27(33)22-7-4-13-37-22/h4-5,7-8,13-14,21,24-25H,1-2,6,9-12,15-18H2,3H3/t21-,24?,25?,29-,30-,31+/m0/s1. The molecule has 5 aliphatic carbocycles. The molecule has 2 unspecified atom stereocenters. The van der Waals surface area contributed by atoms with Crippen LogP contribution in [0.3, 0.4) is 0 Å². The Bertz CT molecular complexity index is 1290. The molecule has 2 aromatic heterocycles. The van der Waals surface area contributed by atoms with Crippen molar-refractivity contribution in [1.82, 2.24) is 0 Å². The molecule has 38 heavy (non-hydrogen) atoms. The van der Waals surface area contributed by atoms with Gasteiger partial charge in [0.25, 0.3) is 0 Å². The van der Waals surface area contributed by atoms with Crippen LogP contribution >= 0.6 is 22.7 Å². The van der Waals surface area contributed by atoms with Crippen molar-refractivity contribution in [3.05, 3.63) is 69.1 Å². The molecule has 0 saturated heterocycles. The van der Waals surface area contributed by atoms with Gasteiger partial charge in [-0.3, -0.25) is 4.79 Å². The zero-order valence-corrected chi connectivity index (χ0v) is 23.5. The average molecular weight is 551 g/mol. The highest BCUT2D eigenvalue weighted by Crippen LogP contribution is 2.72. The molecule has 0 amide bonds. The van der Waals surface area contributed by atoms with Crippen LogP contribution in [-0.2, 0) is 14.3 Å². The molecule has 2 bridgehead atoms. The summed E-state index contributed by atoms with van der Waals surface area (Å²) in [5, 5.41) is 3.74. The van der Waals surface area contributed by atoms with Crippen molar-refractivity contribution in [2.24, 2.45) is 34.0 Å². The first kappa shape index (κ1) is 25.8. The minimum absolute atomic E-state index is 0.0433. The predicted octanol–water partition coefficient (Wildman–Crippen LogP) is 7.12. The molecule has 0 radical (unpaired) electrons. The molecular formula is C31H34O5S2. The summed E-state index contributed by atoms with van der Waals surface area (Å²) in [4.78, 5) is 41.2. The number of ether oxygens (including phenoxy) is 2. The van der Waals surface area contributed by atoms with Gasteiger partial charge in [-0.25, -0.2) is 9.59 Å². The summed E-state index contributed by atoms with van der Waals surface area (Å²) in [5.74, 6) is -0.0760. The van der Waals surface area contributed by atoms with Crippen molar-refractivity contribution in [1.29, 1.82) is 0 Å². The average Bonchev–Trinajstić information content (AvgIpc) is 3.65. The van der Waals surface area contributed by atoms with E-state index in [1.54, 1.807) is 12.1 Å². The summed E-state index contributed by atoms with van der Waals surface area (Å²) in [6.07, 6.45) is 5.70. The first-order valence-electron chi connectivity index (χ1n) is 13.5. The molecule has 0 N–H and O–H groups in total. The molecule has 5 saturated carbocycles. The van der Waals surface area contributed by atoms with Gasteiger partial charge in [0.2, 0.25) is 0 Å². The molecule has 5 aliphatic rings. The Morgan fingerprint density at radius 1 is 0.974 bits per heavy atom. The van der Waals surface area contributed by atoms with Crippen LogP contribution in [0.4, 0.5) is 0 Å². The number of allylic oxidation sites excluding steroid dienone is 2. The SMILES string of the molecule is C=C1C(=C)[C@]23CC[C@H]1CC2[C@]1(COC(=O)c2cccs2)CCC[C@@](C)(COC(=O)c2cccs2)C1CC3=O. The highest BCUT2D eigenvalue weighted by molar-refractivity contribution is 7.12. The van der Waals surface area contributed by atoms with Crippen LogP contribution in [0.2, 0.25) is 0 Å². The van der Waals surface area contributed by atoms with Gasteiger partial charge in [0.1, 0.15) is 15.5 Å². The molecule has 5 nitrogen and oxygen atoms in total. The third-order valence-electron chi connectivity index (χ3n) is 10.4. The molecule has 1 spiro atoms. The van der Waals surface area contributed by atoms with Crippen molar-refractivity contribution >= 4 is 40.4 Å². The van der Waals surface area contributed by atoms with Crippen molar-refractivity contribution in [2.45, 2.75) is 51.9 Å². The number of hydrogen-bond acceptors (Lipinski definition) is 7. The number of thiophene rings is 2. The van der Waals surface area contributed by atoms with E-state index in [1.807, 2.05) is 22.9 Å². The summed E-state index contributed by atoms with van der Waals surface area (Å²) in [6, 6.07) is 7.26. The van der Waals surface area contributed by atoms with E-state index in [1.165, 1.54) is 22.7 Å². The van der Waals surface area contributed by atoms with Gasteiger partial charge in [-0.2, -0.15) is 0 Å². The van der Waals surface area contributed by atoms with Crippen LogP contribution in [-0.4, -0.2) is 30.9 Å². The van der Waals surface area contributed by atoms with E-state index in [0.717, 1.165) is 49.7 Å². The third-order valence-corrected chi connectivity index (χ3v) is 12.1. The maximum Gasteiger partial charge on any atom is 0.348 e. The fourth-order valence-electron chi connectivity index (χ4n) is 8.52. The van der Waals surface area contributed by atoms with Gasteiger partial charge in [-0.05, 0) is 83.9 Å². The molecule has 6 atom stereocenters. The number of Topliss-reactive ketones (excluding diaryl/α,β-unsaturated/α-hetero) is 1. The fourth-order valence-corrected chi connectivity index (χ4v) is 9.76. The third kappa shape index (κ3) is 3.72. The number of ketones is 1. The highest BCUT2D eigenvalue weighted by Gasteiger charge is 2.70. The number of esters is 2. The first-order valence-corrected chi connectivity index (χ1v) is 15.3. The second kappa shape index (κ2) is 9.30. The molecule has 7 heteroatoms. The largest absolute Gasteiger partial charge is 0.461 e. The van der Waals surface area contributed by atoms with Crippen LogP contribution in [0, 0.1) is 34.0 Å². The van der Waals surface area contributed by atoms with Gasteiger partial charge in [0, 0.05) is 17.3 Å². The Balaban J connectivity index is 1.36. The summed E-state index contributed by atoms with van der Waals surface area (Å²) >= 11 is 2.75. The Morgan fingerprint density at radius 2 is 1.63 bits per heavy atom. The predicted molar refractivity (Wildman–Crippen MR) is 148 cm³/mol. The van der Waals surface area contributed by atoms with E-state index in [2.05, 4.69) is 20.1 Å². The lowest BCUT2D eigenvalue weighted by Gasteiger charge is -2.68. The topological polar surface area (TPSA) is 69.7 Å². The monoisotopic (exact) mass is 550 g/mol. The second-order valence-electron chi connectivity index (χ2n) is 12.0. The lowest BCUT2D eigenvalue weighted by atomic mass is 9.35. The molecule has 0 aromatic carbocycles. The summed E-state index contributed by atoms with van der Waals surface area (Å²) in [5.41, 5.74) is 0.546. The summed E-state index contributed by atoms with van der Waals surface area (Å²) in [6.45, 7) is 11.5. The summed E-state index contributed by atoms with van der Waals surface area (Å²) < 4.78 is 12.0. The second-order valence-corrected chi connectivity index (χ2v) is 13.9. The van der Waals surface area contributed by atoms with Gasteiger partial charge >= 0.3 is 11.9 Å². The molecule has 7 rings (SSSR count). The number of hydrogen-bond donors (Lipinski definition) is 0. The smallest absolute Gasteiger partial charge is 0.348 e. The number of carbonyl (C=O) groups is 3. The van der Waals surface area contributed by atoms with Gasteiger partial charge in [-0.1, -0.05) is 38.6 Å². The Hall–Kier alpha value is -2.51. The lowest BCUT2D eigenvalue weighted by Crippen LogP contribution is -2.66. The van der Waals surface area contributed by atoms with Crippen molar-refractivity contribution in [2.75, 3.05) is 13.2 Å². The van der Waals surface area contributed by atoms with Crippen molar-refractivity contribution in [3.63, 3.8) is 0 Å². The fraction of sp³-hybridized carbons (Fsp3) is 0.516. The van der Waals surface area contributed by atoms with Crippen LogP contribution in [0.15, 0.2) is 59.3 Å².